The van der Waals surface area contributed by atoms with Crippen molar-refractivity contribution in [1.29, 1.82) is 0 Å². The van der Waals surface area contributed by atoms with Gasteiger partial charge in [0.1, 0.15) is 17.1 Å². The molecule has 1 amide bonds. The van der Waals surface area contributed by atoms with Crippen LogP contribution >= 0.6 is 0 Å². The normalized spacial score (nSPS) is 10.6. The van der Waals surface area contributed by atoms with E-state index in [0.717, 1.165) is 5.56 Å². The van der Waals surface area contributed by atoms with Crippen LogP contribution in [0.15, 0.2) is 22.9 Å². The van der Waals surface area contributed by atoms with Gasteiger partial charge in [-0.2, -0.15) is 0 Å². The van der Waals surface area contributed by atoms with Crippen LogP contribution in [0.25, 0.3) is 0 Å². The number of carboxylic acids is 1. The number of carbonyl (C=O) groups is 2. The van der Waals surface area contributed by atoms with Gasteiger partial charge >= 0.3 is 5.97 Å². The molecule has 0 fully saturated rings. The molecule has 0 aliphatic carbocycles. The van der Waals surface area contributed by atoms with E-state index in [9.17, 15) is 9.59 Å². The summed E-state index contributed by atoms with van der Waals surface area (Å²) in [6.07, 6.45) is 3.39. The average molecular weight is 276 g/mol. The molecule has 0 bridgehead atoms. The predicted molar refractivity (Wildman–Crippen MR) is 71.7 cm³/mol. The van der Waals surface area contributed by atoms with Crippen molar-refractivity contribution in [3.05, 3.63) is 46.7 Å². The summed E-state index contributed by atoms with van der Waals surface area (Å²) in [6.45, 7) is 3.65. The van der Waals surface area contributed by atoms with E-state index in [0.29, 0.717) is 17.1 Å². The van der Waals surface area contributed by atoms with Crippen LogP contribution in [0.5, 0.6) is 0 Å². The monoisotopic (exact) mass is 276 g/mol. The Bertz CT molecular complexity index is 654. The molecule has 0 saturated heterocycles. The zero-order chi connectivity index (χ0) is 14.9. The van der Waals surface area contributed by atoms with Crippen molar-refractivity contribution in [3.63, 3.8) is 0 Å². The van der Waals surface area contributed by atoms with E-state index < -0.39 is 5.97 Å². The molecular formula is C14H16N2O4. The summed E-state index contributed by atoms with van der Waals surface area (Å²) < 4.78 is 5.36. The number of aromatic amines is 1. The quantitative estimate of drug-likeness (QED) is 0.896. The summed E-state index contributed by atoms with van der Waals surface area (Å²) in [4.78, 5) is 27.5. The van der Waals surface area contributed by atoms with Gasteiger partial charge in [0, 0.05) is 19.4 Å². The second-order valence-electron chi connectivity index (χ2n) is 4.70. The smallest absolute Gasteiger partial charge is 0.339 e. The number of carboxylic acid groups (broad SMARTS) is 1. The molecule has 6 heteroatoms. The van der Waals surface area contributed by atoms with Gasteiger partial charge < -0.3 is 19.4 Å². The number of aryl methyl sites for hydroxylation is 2. The van der Waals surface area contributed by atoms with Gasteiger partial charge in [-0.15, -0.1) is 0 Å². The Morgan fingerprint density at radius 3 is 2.50 bits per heavy atom. The highest BCUT2D eigenvalue weighted by atomic mass is 16.4. The lowest BCUT2D eigenvalue weighted by molar-refractivity contribution is 0.0694. The molecule has 2 rings (SSSR count). The lowest BCUT2D eigenvalue weighted by atomic mass is 10.2. The Kier molecular flexibility index (Phi) is 3.65. The number of H-pyrrole nitrogens is 1. The van der Waals surface area contributed by atoms with Crippen molar-refractivity contribution >= 4 is 11.9 Å². The van der Waals surface area contributed by atoms with Gasteiger partial charge in [-0.05, 0) is 25.5 Å². The second-order valence-corrected chi connectivity index (χ2v) is 4.70. The molecule has 0 spiro atoms. The maximum Gasteiger partial charge on any atom is 0.339 e. The molecule has 6 nitrogen and oxygen atoms in total. The van der Waals surface area contributed by atoms with E-state index in [1.54, 1.807) is 26.4 Å². The first-order chi connectivity index (χ1) is 9.40. The summed E-state index contributed by atoms with van der Waals surface area (Å²) in [5.41, 5.74) is 1.58. The largest absolute Gasteiger partial charge is 0.478 e. The van der Waals surface area contributed by atoms with Crippen molar-refractivity contribution in [2.24, 2.45) is 0 Å². The van der Waals surface area contributed by atoms with E-state index in [2.05, 4.69) is 4.98 Å². The van der Waals surface area contributed by atoms with Gasteiger partial charge in [0.25, 0.3) is 5.91 Å². The van der Waals surface area contributed by atoms with Crippen LogP contribution in [-0.2, 0) is 6.54 Å². The minimum absolute atomic E-state index is 0.124. The van der Waals surface area contributed by atoms with Gasteiger partial charge in [0.15, 0.2) is 0 Å². The Morgan fingerprint density at radius 1 is 1.30 bits per heavy atom. The molecule has 106 valence electrons. The number of carbonyl (C=O) groups excluding carboxylic acids is 1. The first kappa shape index (κ1) is 13.9. The molecule has 2 heterocycles. The molecular weight excluding hydrogens is 260 g/mol. The minimum Gasteiger partial charge on any atom is -0.478 e. The summed E-state index contributed by atoms with van der Waals surface area (Å²) in [6, 6.07) is 1.45. The summed E-state index contributed by atoms with van der Waals surface area (Å²) >= 11 is 0. The van der Waals surface area contributed by atoms with Crippen LogP contribution in [0.3, 0.4) is 0 Å². The molecule has 0 radical (unpaired) electrons. The number of rotatable bonds is 4. The Hall–Kier alpha value is -2.50. The molecule has 0 unspecified atom stereocenters. The van der Waals surface area contributed by atoms with Gasteiger partial charge in [0.05, 0.1) is 12.1 Å². The number of furan rings is 1. The highest BCUT2D eigenvalue weighted by Gasteiger charge is 2.19. The predicted octanol–water partition coefficient (Wildman–Crippen LogP) is 2.19. The number of nitrogens with zero attached hydrogens (tertiary/aromatic N) is 1. The number of hydrogen-bond acceptors (Lipinski definition) is 3. The highest BCUT2D eigenvalue weighted by Crippen LogP contribution is 2.17. The van der Waals surface area contributed by atoms with E-state index >= 15 is 0 Å². The van der Waals surface area contributed by atoms with Gasteiger partial charge in [-0.3, -0.25) is 4.79 Å². The third-order valence-corrected chi connectivity index (χ3v) is 3.12. The maximum absolute atomic E-state index is 12.2. The third kappa shape index (κ3) is 2.59. The van der Waals surface area contributed by atoms with Gasteiger partial charge in [0.2, 0.25) is 0 Å². The van der Waals surface area contributed by atoms with E-state index in [-0.39, 0.29) is 18.0 Å². The SMILES string of the molecule is Cc1c[nH]cc1C(=O)N(C)Cc1cc(C(=O)O)c(C)o1. The summed E-state index contributed by atoms with van der Waals surface area (Å²) in [5.74, 6) is -0.391. The molecule has 2 N–H and O–H groups in total. The Balaban J connectivity index is 2.14. The van der Waals surface area contributed by atoms with Crippen LogP contribution in [0.4, 0.5) is 0 Å². The lowest BCUT2D eigenvalue weighted by Gasteiger charge is -2.15. The first-order valence-corrected chi connectivity index (χ1v) is 6.11. The molecule has 20 heavy (non-hydrogen) atoms. The van der Waals surface area contributed by atoms with Crippen molar-refractivity contribution in [2.75, 3.05) is 7.05 Å². The van der Waals surface area contributed by atoms with E-state index in [1.807, 2.05) is 6.92 Å². The van der Waals surface area contributed by atoms with Crippen LogP contribution in [-0.4, -0.2) is 33.9 Å². The number of aromatic nitrogens is 1. The van der Waals surface area contributed by atoms with Crippen molar-refractivity contribution in [2.45, 2.75) is 20.4 Å². The minimum atomic E-state index is -1.03. The van der Waals surface area contributed by atoms with Crippen LogP contribution in [0.1, 0.15) is 37.8 Å². The fourth-order valence-corrected chi connectivity index (χ4v) is 2.02. The molecule has 0 aromatic carbocycles. The van der Waals surface area contributed by atoms with Crippen molar-refractivity contribution in [3.8, 4) is 0 Å². The number of aromatic carboxylic acids is 1. The van der Waals surface area contributed by atoms with Crippen LogP contribution in [0, 0.1) is 13.8 Å². The van der Waals surface area contributed by atoms with Gasteiger partial charge in [-0.25, -0.2) is 4.79 Å². The molecule has 0 saturated carbocycles. The Morgan fingerprint density at radius 2 is 2.00 bits per heavy atom. The van der Waals surface area contributed by atoms with Crippen molar-refractivity contribution < 1.29 is 19.1 Å². The van der Waals surface area contributed by atoms with E-state index in [4.69, 9.17) is 9.52 Å². The highest BCUT2D eigenvalue weighted by molar-refractivity contribution is 5.95. The zero-order valence-electron chi connectivity index (χ0n) is 11.6. The third-order valence-electron chi connectivity index (χ3n) is 3.12. The number of amides is 1. The second kappa shape index (κ2) is 5.24. The van der Waals surface area contributed by atoms with E-state index in [1.165, 1.54) is 11.0 Å². The topological polar surface area (TPSA) is 86.5 Å². The fraction of sp³-hybridized carbons (Fsp3) is 0.286. The maximum atomic E-state index is 12.2. The molecule has 2 aromatic heterocycles. The Labute approximate surface area is 116 Å². The van der Waals surface area contributed by atoms with Crippen LogP contribution in [0.2, 0.25) is 0 Å². The summed E-state index contributed by atoms with van der Waals surface area (Å²) in [7, 11) is 1.65. The van der Waals surface area contributed by atoms with Crippen molar-refractivity contribution in [1.82, 2.24) is 9.88 Å². The molecule has 0 aliphatic rings. The first-order valence-electron chi connectivity index (χ1n) is 6.11. The van der Waals surface area contributed by atoms with Crippen LogP contribution < -0.4 is 0 Å². The molecule has 2 aromatic rings. The molecule has 0 aliphatic heterocycles. The zero-order valence-corrected chi connectivity index (χ0v) is 11.6. The van der Waals surface area contributed by atoms with Gasteiger partial charge in [-0.1, -0.05) is 0 Å². The average Bonchev–Trinajstić information content (AvgIpc) is 2.94. The summed E-state index contributed by atoms with van der Waals surface area (Å²) in [5, 5.41) is 8.96. The fourth-order valence-electron chi connectivity index (χ4n) is 2.02. The molecule has 0 atom stereocenters. The number of hydrogen-bond donors (Lipinski definition) is 2. The number of nitrogens with one attached hydrogen (secondary N) is 1. The lowest BCUT2D eigenvalue weighted by Crippen LogP contribution is -2.26. The standard InChI is InChI=1S/C14H16N2O4/c1-8-5-15-6-12(8)13(17)16(3)7-10-4-11(14(18)19)9(2)20-10/h4-6,15H,7H2,1-3H3,(H,18,19).